The summed E-state index contributed by atoms with van der Waals surface area (Å²) in [5.74, 6) is 0.254. The molecular weight excluding hydrogens is 286 g/mol. The molecule has 0 fully saturated rings. The summed E-state index contributed by atoms with van der Waals surface area (Å²) in [7, 11) is 3.08. The quantitative estimate of drug-likeness (QED) is 0.614. The van der Waals surface area contributed by atoms with E-state index in [1.54, 1.807) is 38.3 Å². The number of carbonyl (C=O) groups is 2. The number of nitrogens with one attached hydrogen (secondary N) is 1. The van der Waals surface area contributed by atoms with Gasteiger partial charge in [-0.15, -0.1) is 0 Å². The average molecular weight is 307 g/mol. The monoisotopic (exact) mass is 307 g/mol. The van der Waals surface area contributed by atoms with E-state index in [2.05, 4.69) is 5.32 Å². The summed E-state index contributed by atoms with van der Waals surface area (Å²) in [6, 6.07) is 5.25. The molecule has 0 spiro atoms. The highest BCUT2D eigenvalue weighted by atomic mass is 16.5. The number of amides is 1. The van der Waals surface area contributed by atoms with Crippen LogP contribution in [-0.2, 0) is 14.3 Å². The van der Waals surface area contributed by atoms with Gasteiger partial charge in [-0.25, -0.2) is 4.79 Å². The van der Waals surface area contributed by atoms with Crippen LogP contribution in [0.4, 0.5) is 0 Å². The third-order valence-corrected chi connectivity index (χ3v) is 2.83. The highest BCUT2D eigenvalue weighted by Gasteiger charge is 2.15. The van der Waals surface area contributed by atoms with Crippen molar-refractivity contribution in [1.29, 1.82) is 0 Å². The van der Waals surface area contributed by atoms with Gasteiger partial charge in [-0.3, -0.25) is 4.79 Å². The first-order valence-corrected chi connectivity index (χ1v) is 6.90. The number of methoxy groups -OCH3 is 2. The maximum Gasteiger partial charge on any atom is 0.331 e. The Morgan fingerprint density at radius 3 is 2.50 bits per heavy atom. The summed E-state index contributed by atoms with van der Waals surface area (Å²) in [6.45, 7) is 3.80. The van der Waals surface area contributed by atoms with Crippen molar-refractivity contribution in [3.05, 3.63) is 29.8 Å². The topological polar surface area (TPSA) is 73.9 Å². The van der Waals surface area contributed by atoms with Gasteiger partial charge in [0.2, 0.25) is 0 Å². The summed E-state index contributed by atoms with van der Waals surface area (Å²) in [4.78, 5) is 23.1. The molecule has 0 aliphatic heterocycles. The van der Waals surface area contributed by atoms with E-state index in [9.17, 15) is 9.59 Å². The summed E-state index contributed by atoms with van der Waals surface area (Å²) in [5, 5.41) is 2.58. The van der Waals surface area contributed by atoms with Crippen molar-refractivity contribution in [3.63, 3.8) is 0 Å². The molecule has 6 nitrogen and oxygen atoms in total. The largest absolute Gasteiger partial charge is 0.493 e. The molecule has 120 valence electrons. The van der Waals surface area contributed by atoms with Gasteiger partial charge < -0.3 is 19.5 Å². The zero-order valence-electron chi connectivity index (χ0n) is 13.2. The van der Waals surface area contributed by atoms with Crippen molar-refractivity contribution in [2.24, 2.45) is 0 Å². The van der Waals surface area contributed by atoms with Crippen LogP contribution in [0, 0.1) is 0 Å². The average Bonchev–Trinajstić information content (AvgIpc) is 2.52. The first kappa shape index (κ1) is 17.6. The number of hydrogen-bond acceptors (Lipinski definition) is 5. The SMILES string of the molecule is CCNC(=O)[C@@H](C)OC(=O)/C=C/c1ccc(OC)c(OC)c1. The van der Waals surface area contributed by atoms with E-state index >= 15 is 0 Å². The van der Waals surface area contributed by atoms with Crippen LogP contribution in [0.2, 0.25) is 0 Å². The first-order valence-electron chi connectivity index (χ1n) is 6.90. The molecule has 0 saturated carbocycles. The lowest BCUT2D eigenvalue weighted by Crippen LogP contribution is -2.35. The van der Waals surface area contributed by atoms with Gasteiger partial charge in [0.15, 0.2) is 17.6 Å². The van der Waals surface area contributed by atoms with E-state index in [1.807, 2.05) is 0 Å². The molecule has 1 amide bonds. The Balaban J connectivity index is 2.68. The number of carbonyl (C=O) groups excluding carboxylic acids is 2. The number of benzene rings is 1. The predicted molar refractivity (Wildman–Crippen MR) is 82.8 cm³/mol. The Hall–Kier alpha value is -2.50. The number of ether oxygens (including phenoxy) is 3. The van der Waals surface area contributed by atoms with Crippen molar-refractivity contribution in [3.8, 4) is 11.5 Å². The lowest BCUT2D eigenvalue weighted by atomic mass is 10.2. The fourth-order valence-corrected chi connectivity index (χ4v) is 1.71. The third kappa shape index (κ3) is 5.12. The Kier molecular flexibility index (Phi) is 6.95. The Morgan fingerprint density at radius 2 is 1.91 bits per heavy atom. The van der Waals surface area contributed by atoms with Gasteiger partial charge in [0.1, 0.15) is 0 Å². The van der Waals surface area contributed by atoms with E-state index in [-0.39, 0.29) is 5.91 Å². The molecule has 0 bridgehead atoms. The maximum absolute atomic E-state index is 11.7. The minimum Gasteiger partial charge on any atom is -0.493 e. The van der Waals surface area contributed by atoms with Crippen molar-refractivity contribution in [2.45, 2.75) is 20.0 Å². The molecule has 0 aliphatic carbocycles. The molecular formula is C16H21NO5. The lowest BCUT2D eigenvalue weighted by molar-refractivity contribution is -0.150. The van der Waals surface area contributed by atoms with Crippen LogP contribution in [0.1, 0.15) is 19.4 Å². The van der Waals surface area contributed by atoms with Crippen molar-refractivity contribution < 1.29 is 23.8 Å². The highest BCUT2D eigenvalue weighted by Crippen LogP contribution is 2.27. The summed E-state index contributed by atoms with van der Waals surface area (Å²) in [6.07, 6.45) is 2.01. The van der Waals surface area contributed by atoms with E-state index in [0.29, 0.717) is 18.0 Å². The molecule has 0 heterocycles. The normalized spacial score (nSPS) is 11.8. The van der Waals surface area contributed by atoms with E-state index < -0.39 is 12.1 Å². The number of likely N-dealkylation sites (N-methyl/N-ethyl adjacent to an activating group) is 1. The van der Waals surface area contributed by atoms with Gasteiger partial charge in [0, 0.05) is 12.6 Å². The van der Waals surface area contributed by atoms with Crippen LogP contribution in [-0.4, -0.2) is 38.7 Å². The van der Waals surface area contributed by atoms with Crippen LogP contribution in [0.5, 0.6) is 11.5 Å². The second-order valence-electron chi connectivity index (χ2n) is 4.42. The Morgan fingerprint density at radius 1 is 1.23 bits per heavy atom. The summed E-state index contributed by atoms with van der Waals surface area (Å²) >= 11 is 0. The van der Waals surface area contributed by atoms with E-state index in [0.717, 1.165) is 5.56 Å². The second kappa shape index (κ2) is 8.71. The minimum atomic E-state index is -0.831. The van der Waals surface area contributed by atoms with E-state index in [4.69, 9.17) is 14.2 Å². The van der Waals surface area contributed by atoms with E-state index in [1.165, 1.54) is 20.1 Å². The molecule has 0 aliphatic rings. The molecule has 22 heavy (non-hydrogen) atoms. The summed E-state index contributed by atoms with van der Waals surface area (Å²) in [5.41, 5.74) is 0.750. The van der Waals surface area contributed by atoms with Crippen LogP contribution >= 0.6 is 0 Å². The van der Waals surface area contributed by atoms with Crippen molar-refractivity contribution in [2.75, 3.05) is 20.8 Å². The third-order valence-electron chi connectivity index (χ3n) is 2.83. The van der Waals surface area contributed by atoms with Crippen LogP contribution in [0.15, 0.2) is 24.3 Å². The Bertz CT molecular complexity index is 553. The predicted octanol–water partition coefficient (Wildman–Crippen LogP) is 1.78. The van der Waals surface area contributed by atoms with Crippen LogP contribution in [0.3, 0.4) is 0 Å². The first-order chi connectivity index (χ1) is 10.5. The van der Waals surface area contributed by atoms with Gasteiger partial charge in [0.25, 0.3) is 5.91 Å². The zero-order valence-corrected chi connectivity index (χ0v) is 13.2. The molecule has 0 aromatic heterocycles. The number of rotatable bonds is 7. The molecule has 6 heteroatoms. The Labute approximate surface area is 130 Å². The van der Waals surface area contributed by atoms with Gasteiger partial charge in [-0.05, 0) is 37.6 Å². The molecule has 0 radical (unpaired) electrons. The lowest BCUT2D eigenvalue weighted by Gasteiger charge is -2.11. The molecule has 0 saturated heterocycles. The van der Waals surface area contributed by atoms with Crippen LogP contribution < -0.4 is 14.8 Å². The highest BCUT2D eigenvalue weighted by molar-refractivity contribution is 5.90. The van der Waals surface area contributed by atoms with Gasteiger partial charge >= 0.3 is 5.97 Å². The molecule has 0 unspecified atom stereocenters. The molecule has 1 rings (SSSR count). The molecule has 1 aromatic rings. The standard InChI is InChI=1S/C16H21NO5/c1-5-17-16(19)11(2)22-15(18)9-7-12-6-8-13(20-3)14(10-12)21-4/h6-11H,5H2,1-4H3,(H,17,19)/b9-7+/t11-/m1/s1. The second-order valence-corrected chi connectivity index (χ2v) is 4.42. The van der Waals surface area contributed by atoms with Crippen LogP contribution in [0.25, 0.3) is 6.08 Å². The number of hydrogen-bond donors (Lipinski definition) is 1. The van der Waals surface area contributed by atoms with Gasteiger partial charge in [0.05, 0.1) is 14.2 Å². The fourth-order valence-electron chi connectivity index (χ4n) is 1.71. The molecule has 1 atom stereocenters. The maximum atomic E-state index is 11.7. The minimum absolute atomic E-state index is 0.324. The van der Waals surface area contributed by atoms with Crippen molar-refractivity contribution >= 4 is 18.0 Å². The summed E-state index contributed by atoms with van der Waals surface area (Å²) < 4.78 is 15.3. The number of esters is 1. The zero-order chi connectivity index (χ0) is 16.5. The smallest absolute Gasteiger partial charge is 0.331 e. The van der Waals surface area contributed by atoms with Gasteiger partial charge in [-0.1, -0.05) is 6.07 Å². The molecule has 1 aromatic carbocycles. The molecule has 1 N–H and O–H groups in total. The van der Waals surface area contributed by atoms with Gasteiger partial charge in [-0.2, -0.15) is 0 Å². The fraction of sp³-hybridized carbons (Fsp3) is 0.375. The van der Waals surface area contributed by atoms with Crippen molar-refractivity contribution in [1.82, 2.24) is 5.32 Å².